The van der Waals surface area contributed by atoms with Gasteiger partial charge in [-0.3, -0.25) is 9.78 Å². The van der Waals surface area contributed by atoms with Crippen LogP contribution in [-0.4, -0.2) is 10.8 Å². The molecule has 0 saturated heterocycles. The maximum absolute atomic E-state index is 12.4. The molecule has 102 valence electrons. The Labute approximate surface area is 119 Å². The highest BCUT2D eigenvalue weighted by molar-refractivity contribution is 5.87. The number of nitrogens with zero attached hydrogens (tertiary/aromatic N) is 1. The van der Waals surface area contributed by atoms with Crippen LogP contribution in [0.1, 0.15) is 34.6 Å². The second-order valence-corrected chi connectivity index (χ2v) is 5.80. The third kappa shape index (κ3) is 2.64. The number of carbonyl (C=O) groups excluding carboxylic acids is 1. The molecule has 2 atom stereocenters. The first-order chi connectivity index (χ1) is 9.65. The first-order valence-electron chi connectivity index (χ1n) is 7.14. The van der Waals surface area contributed by atoms with E-state index in [2.05, 4.69) is 36.2 Å². The summed E-state index contributed by atoms with van der Waals surface area (Å²) in [5.41, 5.74) is 4.79. The molecule has 1 aliphatic carbocycles. The van der Waals surface area contributed by atoms with Crippen LogP contribution in [0.5, 0.6) is 0 Å². The van der Waals surface area contributed by atoms with Crippen LogP contribution in [0.3, 0.4) is 0 Å². The third-order valence-corrected chi connectivity index (χ3v) is 4.21. The molecule has 1 heterocycles. The summed E-state index contributed by atoms with van der Waals surface area (Å²) in [6.07, 6.45) is 5.14. The highest BCUT2D eigenvalue weighted by Gasteiger charge is 2.43. The van der Waals surface area contributed by atoms with Crippen LogP contribution in [0.4, 0.5) is 0 Å². The first kappa shape index (κ1) is 13.0. The number of rotatable bonds is 4. The van der Waals surface area contributed by atoms with Gasteiger partial charge in [-0.2, -0.15) is 0 Å². The fourth-order valence-electron chi connectivity index (χ4n) is 2.75. The van der Waals surface area contributed by atoms with E-state index in [4.69, 9.17) is 0 Å². The predicted octanol–water partition coefficient (Wildman–Crippen LogP) is 3.61. The zero-order valence-corrected chi connectivity index (χ0v) is 12.0. The summed E-state index contributed by atoms with van der Waals surface area (Å²) in [7, 11) is 0. The molecule has 0 radical (unpaired) electrons. The van der Waals surface area contributed by atoms with Crippen molar-refractivity contribution in [3.8, 4) is 0 Å². The van der Waals surface area contributed by atoms with Crippen LogP contribution in [0, 0.1) is 19.8 Å². The molecule has 1 aromatic carbocycles. The van der Waals surface area contributed by atoms with Crippen LogP contribution in [0.2, 0.25) is 0 Å². The van der Waals surface area contributed by atoms with Crippen molar-refractivity contribution in [2.75, 3.05) is 0 Å². The van der Waals surface area contributed by atoms with Gasteiger partial charge in [0.1, 0.15) is 5.78 Å². The van der Waals surface area contributed by atoms with Gasteiger partial charge >= 0.3 is 0 Å². The third-order valence-electron chi connectivity index (χ3n) is 4.21. The molecule has 0 spiro atoms. The van der Waals surface area contributed by atoms with Gasteiger partial charge in [0.25, 0.3) is 0 Å². The average molecular weight is 265 g/mol. The number of carbonyl (C=O) groups is 1. The Morgan fingerprint density at radius 3 is 2.65 bits per heavy atom. The van der Waals surface area contributed by atoms with Gasteiger partial charge < -0.3 is 0 Å². The smallest absolute Gasteiger partial charge is 0.140 e. The number of benzene rings is 1. The Bertz CT molecular complexity index is 630. The highest BCUT2D eigenvalue weighted by Crippen LogP contribution is 2.48. The van der Waals surface area contributed by atoms with Crippen LogP contribution < -0.4 is 0 Å². The van der Waals surface area contributed by atoms with Gasteiger partial charge in [-0.15, -0.1) is 0 Å². The maximum atomic E-state index is 12.4. The van der Waals surface area contributed by atoms with Gasteiger partial charge in [-0.05, 0) is 48.9 Å². The molecular formula is C18H19NO. The number of aryl methyl sites for hydroxylation is 2. The molecule has 0 bridgehead atoms. The van der Waals surface area contributed by atoms with E-state index in [0.717, 1.165) is 17.5 Å². The summed E-state index contributed by atoms with van der Waals surface area (Å²) < 4.78 is 0. The quantitative estimate of drug-likeness (QED) is 0.845. The molecular weight excluding hydrogens is 246 g/mol. The lowest BCUT2D eigenvalue weighted by atomic mass is 10.0. The monoisotopic (exact) mass is 265 g/mol. The van der Waals surface area contributed by atoms with E-state index in [1.807, 2.05) is 19.2 Å². The van der Waals surface area contributed by atoms with Crippen molar-refractivity contribution < 1.29 is 4.79 Å². The maximum Gasteiger partial charge on any atom is 0.140 e. The van der Waals surface area contributed by atoms with Crippen LogP contribution in [0.15, 0.2) is 42.7 Å². The second kappa shape index (κ2) is 5.20. The number of ketones is 1. The zero-order valence-electron chi connectivity index (χ0n) is 12.0. The van der Waals surface area contributed by atoms with Gasteiger partial charge in [0.15, 0.2) is 0 Å². The van der Waals surface area contributed by atoms with Gasteiger partial charge in [0.05, 0.1) is 0 Å². The van der Waals surface area contributed by atoms with E-state index in [9.17, 15) is 4.79 Å². The van der Waals surface area contributed by atoms with Crippen molar-refractivity contribution in [3.63, 3.8) is 0 Å². The van der Waals surface area contributed by atoms with Crippen molar-refractivity contribution in [1.82, 2.24) is 4.98 Å². The second-order valence-electron chi connectivity index (χ2n) is 5.80. The van der Waals surface area contributed by atoms with Crippen LogP contribution in [-0.2, 0) is 11.2 Å². The molecule has 3 rings (SSSR count). The molecule has 2 unspecified atom stereocenters. The number of Topliss-reactive ketones (excluding diaryl/α,β-unsaturated/α-hetero) is 1. The van der Waals surface area contributed by atoms with E-state index in [0.29, 0.717) is 18.1 Å². The summed E-state index contributed by atoms with van der Waals surface area (Å²) in [4.78, 5) is 16.4. The van der Waals surface area contributed by atoms with E-state index in [-0.39, 0.29) is 5.92 Å². The van der Waals surface area contributed by atoms with Gasteiger partial charge in [-0.25, -0.2) is 0 Å². The van der Waals surface area contributed by atoms with Gasteiger partial charge in [-0.1, -0.05) is 29.8 Å². The molecule has 0 aliphatic heterocycles. The molecule has 2 nitrogen and oxygen atoms in total. The van der Waals surface area contributed by atoms with E-state index >= 15 is 0 Å². The number of hydrogen-bond acceptors (Lipinski definition) is 2. The Kier molecular flexibility index (Phi) is 3.39. The summed E-state index contributed by atoms with van der Waals surface area (Å²) in [5, 5.41) is 0. The minimum atomic E-state index is 0.213. The molecule has 0 amide bonds. The minimum absolute atomic E-state index is 0.213. The normalized spacial score (nSPS) is 20.7. The SMILES string of the molecule is Cc1ccc(C2CC2C(=O)Cc2ccncc2C)cc1. The molecule has 2 aromatic rings. The molecule has 2 heteroatoms. The lowest BCUT2D eigenvalue weighted by Crippen LogP contribution is -2.07. The molecule has 1 aromatic heterocycles. The summed E-state index contributed by atoms with van der Waals surface area (Å²) >= 11 is 0. The van der Waals surface area contributed by atoms with Crippen molar-refractivity contribution >= 4 is 5.78 Å². The van der Waals surface area contributed by atoms with Gasteiger partial charge in [0.2, 0.25) is 0 Å². The van der Waals surface area contributed by atoms with Crippen LogP contribution in [0.25, 0.3) is 0 Å². The molecule has 1 fully saturated rings. The van der Waals surface area contributed by atoms with Crippen LogP contribution >= 0.6 is 0 Å². The van der Waals surface area contributed by atoms with Crippen molar-refractivity contribution in [3.05, 3.63) is 65.0 Å². The summed E-state index contributed by atoms with van der Waals surface area (Å²) in [6, 6.07) is 10.5. The van der Waals surface area contributed by atoms with Crippen molar-refractivity contribution in [2.45, 2.75) is 32.6 Å². The summed E-state index contributed by atoms with van der Waals surface area (Å²) in [5.74, 6) is 1.01. The van der Waals surface area contributed by atoms with E-state index in [1.165, 1.54) is 11.1 Å². The fourth-order valence-corrected chi connectivity index (χ4v) is 2.75. The number of hydrogen-bond donors (Lipinski definition) is 0. The molecule has 1 saturated carbocycles. The minimum Gasteiger partial charge on any atom is -0.299 e. The number of pyridine rings is 1. The summed E-state index contributed by atoms with van der Waals surface area (Å²) in [6.45, 7) is 4.10. The lowest BCUT2D eigenvalue weighted by Gasteiger charge is -2.04. The Morgan fingerprint density at radius 1 is 1.20 bits per heavy atom. The Balaban J connectivity index is 1.66. The molecule has 20 heavy (non-hydrogen) atoms. The zero-order chi connectivity index (χ0) is 14.1. The largest absolute Gasteiger partial charge is 0.299 e. The van der Waals surface area contributed by atoms with E-state index in [1.54, 1.807) is 6.20 Å². The van der Waals surface area contributed by atoms with Crippen molar-refractivity contribution in [2.24, 2.45) is 5.92 Å². The predicted molar refractivity (Wildman–Crippen MR) is 79.7 cm³/mol. The fraction of sp³-hybridized carbons (Fsp3) is 0.333. The Hall–Kier alpha value is -1.96. The van der Waals surface area contributed by atoms with Gasteiger partial charge in [0, 0.05) is 24.7 Å². The molecule has 0 N–H and O–H groups in total. The molecule has 1 aliphatic rings. The highest BCUT2D eigenvalue weighted by atomic mass is 16.1. The standard InChI is InChI=1S/C18H19NO/c1-12-3-5-14(6-4-12)16-10-17(16)18(20)9-15-7-8-19-11-13(15)2/h3-8,11,16-17H,9-10H2,1-2H3. The average Bonchev–Trinajstić information content (AvgIpc) is 3.23. The lowest BCUT2D eigenvalue weighted by molar-refractivity contribution is -0.119. The Morgan fingerprint density at radius 2 is 1.95 bits per heavy atom. The van der Waals surface area contributed by atoms with E-state index < -0.39 is 0 Å². The first-order valence-corrected chi connectivity index (χ1v) is 7.14. The van der Waals surface area contributed by atoms with Crippen molar-refractivity contribution in [1.29, 1.82) is 0 Å². The topological polar surface area (TPSA) is 30.0 Å². The number of aromatic nitrogens is 1.